The van der Waals surface area contributed by atoms with E-state index in [2.05, 4.69) is 16.0 Å². The van der Waals surface area contributed by atoms with Crippen molar-refractivity contribution >= 4 is 17.4 Å². The van der Waals surface area contributed by atoms with Gasteiger partial charge in [-0.05, 0) is 0 Å². The van der Waals surface area contributed by atoms with Crippen LogP contribution in [-0.2, 0) is 4.74 Å². The van der Waals surface area contributed by atoms with E-state index < -0.39 is 6.10 Å². The standard InChI is InChI=1S/C9H9ClN4O/c10-8-9(13-2-1-12-8)14-3-4-15-7(5-11)6-14/h1-2,7H,3-4,6H2. The Bertz CT molecular complexity index is 392. The van der Waals surface area contributed by atoms with E-state index in [4.69, 9.17) is 21.6 Å². The van der Waals surface area contributed by atoms with Gasteiger partial charge in [0.25, 0.3) is 0 Å². The zero-order chi connectivity index (χ0) is 10.7. The lowest BCUT2D eigenvalue weighted by atomic mass is 10.3. The van der Waals surface area contributed by atoms with Crippen LogP contribution in [0.5, 0.6) is 0 Å². The highest BCUT2D eigenvalue weighted by Gasteiger charge is 2.22. The fraction of sp³-hybridized carbons (Fsp3) is 0.444. The van der Waals surface area contributed by atoms with Gasteiger partial charge >= 0.3 is 0 Å². The number of nitrogens with zero attached hydrogens (tertiary/aromatic N) is 4. The Labute approximate surface area is 92.3 Å². The van der Waals surface area contributed by atoms with Gasteiger partial charge in [-0.15, -0.1) is 0 Å². The Balaban J connectivity index is 2.18. The van der Waals surface area contributed by atoms with Crippen molar-refractivity contribution in [2.24, 2.45) is 0 Å². The summed E-state index contributed by atoms with van der Waals surface area (Å²) < 4.78 is 5.22. The molecule has 0 spiro atoms. The van der Waals surface area contributed by atoms with Crippen LogP contribution in [0, 0.1) is 11.3 Å². The van der Waals surface area contributed by atoms with Crippen molar-refractivity contribution in [2.45, 2.75) is 6.10 Å². The lowest BCUT2D eigenvalue weighted by molar-refractivity contribution is 0.0761. The smallest absolute Gasteiger partial charge is 0.171 e. The van der Waals surface area contributed by atoms with Crippen molar-refractivity contribution in [1.29, 1.82) is 5.26 Å². The van der Waals surface area contributed by atoms with E-state index in [9.17, 15) is 0 Å². The summed E-state index contributed by atoms with van der Waals surface area (Å²) in [5.74, 6) is 0.614. The monoisotopic (exact) mass is 224 g/mol. The van der Waals surface area contributed by atoms with Crippen molar-refractivity contribution in [1.82, 2.24) is 9.97 Å². The van der Waals surface area contributed by atoms with Crippen molar-refractivity contribution in [3.05, 3.63) is 17.5 Å². The van der Waals surface area contributed by atoms with Crippen LogP contribution >= 0.6 is 11.6 Å². The summed E-state index contributed by atoms with van der Waals surface area (Å²) in [7, 11) is 0. The van der Waals surface area contributed by atoms with E-state index in [-0.39, 0.29) is 0 Å². The minimum absolute atomic E-state index is 0.357. The molecule has 1 aromatic rings. The highest BCUT2D eigenvalue weighted by atomic mass is 35.5. The topological polar surface area (TPSA) is 62.0 Å². The summed E-state index contributed by atoms with van der Waals surface area (Å²) in [6.45, 7) is 1.66. The lowest BCUT2D eigenvalue weighted by Crippen LogP contribution is -2.42. The van der Waals surface area contributed by atoms with E-state index in [1.807, 2.05) is 4.90 Å². The fourth-order valence-corrected chi connectivity index (χ4v) is 1.67. The first-order valence-electron chi connectivity index (χ1n) is 4.54. The first kappa shape index (κ1) is 10.1. The molecular formula is C9H9ClN4O. The number of hydrogen-bond acceptors (Lipinski definition) is 5. The number of nitriles is 1. The van der Waals surface area contributed by atoms with Crippen LogP contribution in [0.1, 0.15) is 0 Å². The maximum atomic E-state index is 8.75. The SMILES string of the molecule is N#CC1CN(c2nccnc2Cl)CCO1. The summed E-state index contributed by atoms with van der Waals surface area (Å²) in [6, 6.07) is 2.07. The molecule has 1 unspecified atom stereocenters. The number of morpholine rings is 1. The molecule has 0 aromatic carbocycles. The lowest BCUT2D eigenvalue weighted by Gasteiger charge is -2.30. The fourth-order valence-electron chi connectivity index (χ4n) is 1.45. The predicted octanol–water partition coefficient (Wildman–Crippen LogP) is 0.859. The zero-order valence-corrected chi connectivity index (χ0v) is 8.68. The average Bonchev–Trinajstić information content (AvgIpc) is 2.30. The first-order chi connectivity index (χ1) is 7.31. The molecule has 0 radical (unpaired) electrons. The largest absolute Gasteiger partial charge is 0.360 e. The normalized spacial score (nSPS) is 21.1. The second-order valence-corrected chi connectivity index (χ2v) is 3.46. The number of rotatable bonds is 1. The van der Waals surface area contributed by atoms with Gasteiger partial charge in [0, 0.05) is 18.9 Å². The highest BCUT2D eigenvalue weighted by molar-refractivity contribution is 6.31. The molecule has 1 aliphatic rings. The maximum Gasteiger partial charge on any atom is 0.171 e. The molecule has 5 nitrogen and oxygen atoms in total. The van der Waals surface area contributed by atoms with Crippen LogP contribution in [0.25, 0.3) is 0 Å². The van der Waals surface area contributed by atoms with E-state index in [1.165, 1.54) is 6.20 Å². The number of halogens is 1. The van der Waals surface area contributed by atoms with Crippen LogP contribution < -0.4 is 4.90 Å². The minimum Gasteiger partial charge on any atom is -0.360 e. The summed E-state index contributed by atoms with van der Waals surface area (Å²) in [5, 5.41) is 9.11. The molecule has 6 heteroatoms. The second-order valence-electron chi connectivity index (χ2n) is 3.11. The van der Waals surface area contributed by atoms with Gasteiger partial charge in [-0.2, -0.15) is 5.26 Å². The summed E-state index contributed by atoms with van der Waals surface area (Å²) in [5.41, 5.74) is 0. The second kappa shape index (κ2) is 4.43. The van der Waals surface area contributed by atoms with Crippen molar-refractivity contribution in [3.8, 4) is 6.07 Å². The molecule has 2 rings (SSSR count). The molecule has 0 aliphatic carbocycles. The van der Waals surface area contributed by atoms with Gasteiger partial charge in [-0.25, -0.2) is 9.97 Å². The Kier molecular flexibility index (Phi) is 2.99. The third-order valence-electron chi connectivity index (χ3n) is 2.15. The van der Waals surface area contributed by atoms with Crippen molar-refractivity contribution in [2.75, 3.05) is 24.6 Å². The molecule has 15 heavy (non-hydrogen) atoms. The minimum atomic E-state index is -0.420. The third kappa shape index (κ3) is 2.17. The summed E-state index contributed by atoms with van der Waals surface area (Å²) in [4.78, 5) is 9.99. The zero-order valence-electron chi connectivity index (χ0n) is 7.93. The van der Waals surface area contributed by atoms with Crippen LogP contribution in [-0.4, -0.2) is 35.8 Å². The molecule has 1 aromatic heterocycles. The van der Waals surface area contributed by atoms with Gasteiger partial charge in [-0.3, -0.25) is 0 Å². The molecule has 2 heterocycles. The van der Waals surface area contributed by atoms with Gasteiger partial charge < -0.3 is 9.64 Å². The van der Waals surface area contributed by atoms with E-state index in [1.54, 1.807) is 6.20 Å². The van der Waals surface area contributed by atoms with Gasteiger partial charge in [0.2, 0.25) is 0 Å². The molecule has 0 saturated carbocycles. The average molecular weight is 225 g/mol. The van der Waals surface area contributed by atoms with E-state index >= 15 is 0 Å². The Morgan fingerprint density at radius 1 is 1.53 bits per heavy atom. The number of aromatic nitrogens is 2. The number of anilines is 1. The maximum absolute atomic E-state index is 8.75. The predicted molar refractivity (Wildman–Crippen MR) is 54.6 cm³/mol. The first-order valence-corrected chi connectivity index (χ1v) is 4.91. The quantitative estimate of drug-likeness (QED) is 0.708. The Morgan fingerprint density at radius 2 is 2.33 bits per heavy atom. The molecule has 1 fully saturated rings. The molecule has 0 N–H and O–H groups in total. The van der Waals surface area contributed by atoms with Gasteiger partial charge in [0.1, 0.15) is 0 Å². The number of ether oxygens (including phenoxy) is 1. The summed E-state index contributed by atoms with van der Waals surface area (Å²) in [6.07, 6.45) is 2.70. The third-order valence-corrected chi connectivity index (χ3v) is 2.41. The van der Waals surface area contributed by atoms with Gasteiger partial charge in [0.05, 0.1) is 19.2 Å². The number of hydrogen-bond donors (Lipinski definition) is 0. The van der Waals surface area contributed by atoms with Crippen LogP contribution in [0.3, 0.4) is 0 Å². The molecule has 0 amide bonds. The van der Waals surface area contributed by atoms with E-state index in [0.29, 0.717) is 30.7 Å². The van der Waals surface area contributed by atoms with Gasteiger partial charge in [-0.1, -0.05) is 11.6 Å². The highest BCUT2D eigenvalue weighted by Crippen LogP contribution is 2.21. The van der Waals surface area contributed by atoms with Crippen molar-refractivity contribution < 1.29 is 4.74 Å². The molecular weight excluding hydrogens is 216 g/mol. The molecule has 1 atom stereocenters. The summed E-state index contributed by atoms with van der Waals surface area (Å²) >= 11 is 5.91. The molecule has 0 bridgehead atoms. The van der Waals surface area contributed by atoms with Crippen molar-refractivity contribution in [3.63, 3.8) is 0 Å². The molecule has 78 valence electrons. The van der Waals surface area contributed by atoms with Crippen LogP contribution in [0.4, 0.5) is 5.82 Å². The molecule has 1 saturated heterocycles. The van der Waals surface area contributed by atoms with Gasteiger partial charge in [0.15, 0.2) is 17.1 Å². The van der Waals surface area contributed by atoms with Crippen LogP contribution in [0.15, 0.2) is 12.4 Å². The molecule has 1 aliphatic heterocycles. The van der Waals surface area contributed by atoms with E-state index in [0.717, 1.165) is 0 Å². The van der Waals surface area contributed by atoms with Crippen LogP contribution in [0.2, 0.25) is 5.15 Å². The Hall–Kier alpha value is -1.38. The Morgan fingerprint density at radius 3 is 3.07 bits per heavy atom.